The van der Waals surface area contributed by atoms with Gasteiger partial charge >= 0.3 is 0 Å². The van der Waals surface area contributed by atoms with Gasteiger partial charge in [-0.25, -0.2) is 4.39 Å². The van der Waals surface area contributed by atoms with Gasteiger partial charge in [0.05, 0.1) is 16.8 Å². The second-order valence-corrected chi connectivity index (χ2v) is 5.52. The number of benzene rings is 2. The zero-order chi connectivity index (χ0) is 14.3. The molecule has 1 amide bonds. The molecule has 1 N–H and O–H groups in total. The van der Waals surface area contributed by atoms with E-state index in [1.165, 1.54) is 12.1 Å². The average molecular weight is 310 g/mol. The molecule has 0 radical (unpaired) electrons. The largest absolute Gasteiger partial charge is 0.326 e. The number of rotatable bonds is 2. The molecule has 1 unspecified atom stereocenters. The fourth-order valence-corrected chi connectivity index (χ4v) is 2.73. The quantitative estimate of drug-likeness (QED) is 0.823. The Kier molecular flexibility index (Phi) is 3.40. The summed E-state index contributed by atoms with van der Waals surface area (Å²) in [6.07, 6.45) is 0.358. The van der Waals surface area contributed by atoms with E-state index < -0.39 is 11.2 Å². The molecular formula is C15H10Cl2FNO. The van der Waals surface area contributed by atoms with Crippen LogP contribution in [0.3, 0.4) is 0 Å². The highest BCUT2D eigenvalue weighted by Crippen LogP contribution is 2.34. The number of hydrogen-bond acceptors (Lipinski definition) is 1. The van der Waals surface area contributed by atoms with Crippen LogP contribution in [0.15, 0.2) is 36.4 Å². The van der Waals surface area contributed by atoms with Gasteiger partial charge in [-0.1, -0.05) is 29.8 Å². The second kappa shape index (κ2) is 5.08. The minimum Gasteiger partial charge on any atom is -0.326 e. The van der Waals surface area contributed by atoms with Crippen molar-refractivity contribution in [1.82, 2.24) is 0 Å². The van der Waals surface area contributed by atoms with E-state index >= 15 is 0 Å². The fraction of sp³-hybridized carbons (Fsp3) is 0.133. The Labute approximate surface area is 125 Å². The minimum atomic E-state index is -0.469. The summed E-state index contributed by atoms with van der Waals surface area (Å²) in [7, 11) is 0. The predicted octanol–water partition coefficient (Wildman–Crippen LogP) is 4.30. The second-order valence-electron chi connectivity index (χ2n) is 4.68. The van der Waals surface area contributed by atoms with Gasteiger partial charge in [0, 0.05) is 5.69 Å². The molecule has 0 saturated heterocycles. The molecule has 20 heavy (non-hydrogen) atoms. The first kappa shape index (κ1) is 13.4. The van der Waals surface area contributed by atoms with E-state index in [-0.39, 0.29) is 10.9 Å². The van der Waals surface area contributed by atoms with E-state index in [9.17, 15) is 9.18 Å². The summed E-state index contributed by atoms with van der Waals surface area (Å²) >= 11 is 12.2. The highest BCUT2D eigenvalue weighted by Gasteiger charge is 2.20. The lowest BCUT2D eigenvalue weighted by Crippen LogP contribution is -2.03. The van der Waals surface area contributed by atoms with E-state index in [1.807, 2.05) is 18.2 Å². The Bertz CT molecular complexity index is 702. The van der Waals surface area contributed by atoms with Crippen LogP contribution >= 0.6 is 23.2 Å². The van der Waals surface area contributed by atoms with Crippen LogP contribution in [-0.2, 0) is 11.2 Å². The van der Waals surface area contributed by atoms with Crippen molar-refractivity contribution in [3.05, 3.63) is 63.9 Å². The Morgan fingerprint density at radius 3 is 2.60 bits per heavy atom. The molecule has 1 heterocycles. The van der Waals surface area contributed by atoms with Gasteiger partial charge in [0.2, 0.25) is 5.91 Å². The topological polar surface area (TPSA) is 29.1 Å². The van der Waals surface area contributed by atoms with Crippen LogP contribution in [0.4, 0.5) is 10.1 Å². The summed E-state index contributed by atoms with van der Waals surface area (Å²) in [5.74, 6) is -0.490. The van der Waals surface area contributed by atoms with Crippen LogP contribution < -0.4 is 5.32 Å². The van der Waals surface area contributed by atoms with Crippen LogP contribution in [0.1, 0.15) is 22.1 Å². The molecule has 0 saturated carbocycles. The van der Waals surface area contributed by atoms with Crippen molar-refractivity contribution in [3.63, 3.8) is 0 Å². The maximum absolute atomic E-state index is 13.2. The molecular weight excluding hydrogens is 300 g/mol. The van der Waals surface area contributed by atoms with E-state index in [1.54, 1.807) is 6.07 Å². The summed E-state index contributed by atoms with van der Waals surface area (Å²) in [5.41, 5.74) is 3.31. The number of nitrogens with one attached hydrogen (secondary N) is 1. The summed E-state index contributed by atoms with van der Waals surface area (Å²) < 4.78 is 13.2. The third-order valence-electron chi connectivity index (χ3n) is 3.28. The lowest BCUT2D eigenvalue weighted by molar-refractivity contribution is -0.115. The minimum absolute atomic E-state index is 0.0203. The van der Waals surface area contributed by atoms with Crippen molar-refractivity contribution in [2.24, 2.45) is 0 Å². The van der Waals surface area contributed by atoms with Crippen molar-refractivity contribution in [2.45, 2.75) is 11.8 Å². The van der Waals surface area contributed by atoms with Crippen molar-refractivity contribution in [2.75, 3.05) is 5.32 Å². The Morgan fingerprint density at radius 1 is 1.15 bits per heavy atom. The van der Waals surface area contributed by atoms with Crippen molar-refractivity contribution >= 4 is 34.8 Å². The fourth-order valence-electron chi connectivity index (χ4n) is 2.27. The maximum Gasteiger partial charge on any atom is 0.228 e. The Balaban J connectivity index is 1.94. The van der Waals surface area contributed by atoms with E-state index in [2.05, 4.69) is 5.32 Å². The number of alkyl halides is 1. The van der Waals surface area contributed by atoms with Gasteiger partial charge in [-0.2, -0.15) is 0 Å². The van der Waals surface area contributed by atoms with Gasteiger partial charge < -0.3 is 5.32 Å². The van der Waals surface area contributed by atoms with Crippen LogP contribution in [0.5, 0.6) is 0 Å². The molecule has 2 nitrogen and oxygen atoms in total. The van der Waals surface area contributed by atoms with E-state index in [4.69, 9.17) is 23.2 Å². The molecule has 0 aromatic heterocycles. The van der Waals surface area contributed by atoms with Crippen LogP contribution in [0.2, 0.25) is 5.02 Å². The van der Waals surface area contributed by atoms with Crippen molar-refractivity contribution in [1.29, 1.82) is 0 Å². The van der Waals surface area contributed by atoms with Gasteiger partial charge in [0.15, 0.2) is 0 Å². The summed E-state index contributed by atoms with van der Waals surface area (Å²) in [4.78, 5) is 11.3. The van der Waals surface area contributed by atoms with Gasteiger partial charge in [0.1, 0.15) is 5.82 Å². The lowest BCUT2D eigenvalue weighted by atomic mass is 10.0. The molecule has 0 aliphatic carbocycles. The summed E-state index contributed by atoms with van der Waals surface area (Å²) in [6.45, 7) is 0. The monoisotopic (exact) mass is 309 g/mol. The van der Waals surface area contributed by atoms with Gasteiger partial charge in [-0.3, -0.25) is 4.79 Å². The summed E-state index contributed by atoms with van der Waals surface area (Å²) in [6, 6.07) is 9.99. The SMILES string of the molecule is O=C1Cc2cc(C(Cl)c3ccc(F)c(Cl)c3)ccc2N1. The van der Waals surface area contributed by atoms with Crippen LogP contribution in [-0.4, -0.2) is 5.91 Å². The number of fused-ring (bicyclic) bond motifs is 1. The van der Waals surface area contributed by atoms with Gasteiger partial charge in [-0.15, -0.1) is 11.6 Å². The highest BCUT2D eigenvalue weighted by atomic mass is 35.5. The van der Waals surface area contributed by atoms with Crippen molar-refractivity contribution < 1.29 is 9.18 Å². The first-order valence-electron chi connectivity index (χ1n) is 6.06. The third kappa shape index (κ3) is 2.39. The summed E-state index contributed by atoms with van der Waals surface area (Å²) in [5, 5.41) is 2.38. The van der Waals surface area contributed by atoms with Gasteiger partial charge in [0.25, 0.3) is 0 Å². The Hall–Kier alpha value is -1.58. The number of halogens is 3. The number of carbonyl (C=O) groups is 1. The average Bonchev–Trinajstić information content (AvgIpc) is 2.80. The van der Waals surface area contributed by atoms with E-state index in [0.29, 0.717) is 6.42 Å². The normalized spacial score (nSPS) is 14.8. The molecule has 5 heteroatoms. The number of hydrogen-bond donors (Lipinski definition) is 1. The molecule has 1 aliphatic rings. The van der Waals surface area contributed by atoms with Crippen LogP contribution in [0.25, 0.3) is 0 Å². The lowest BCUT2D eigenvalue weighted by Gasteiger charge is -2.12. The standard InChI is InChI=1S/C15H10Cl2FNO/c16-11-6-9(1-3-12(11)18)15(17)8-2-4-13-10(5-8)7-14(20)19-13/h1-6,15H,7H2,(H,19,20). The molecule has 1 aliphatic heterocycles. The van der Waals surface area contributed by atoms with Crippen LogP contribution in [0, 0.1) is 5.82 Å². The molecule has 2 aromatic carbocycles. The molecule has 0 spiro atoms. The molecule has 3 rings (SSSR count). The molecule has 1 atom stereocenters. The van der Waals surface area contributed by atoms with Crippen molar-refractivity contribution in [3.8, 4) is 0 Å². The smallest absolute Gasteiger partial charge is 0.228 e. The molecule has 0 fully saturated rings. The Morgan fingerprint density at radius 2 is 1.85 bits per heavy atom. The molecule has 2 aromatic rings. The zero-order valence-corrected chi connectivity index (χ0v) is 11.8. The molecule has 102 valence electrons. The highest BCUT2D eigenvalue weighted by molar-refractivity contribution is 6.31. The first-order valence-corrected chi connectivity index (χ1v) is 6.88. The number of amides is 1. The molecule has 0 bridgehead atoms. The number of carbonyl (C=O) groups excluding carboxylic acids is 1. The third-order valence-corrected chi connectivity index (χ3v) is 4.08. The number of anilines is 1. The maximum atomic E-state index is 13.2. The zero-order valence-electron chi connectivity index (χ0n) is 10.3. The first-order chi connectivity index (χ1) is 9.54. The predicted molar refractivity (Wildman–Crippen MR) is 77.9 cm³/mol. The van der Waals surface area contributed by atoms with Gasteiger partial charge in [-0.05, 0) is 34.9 Å². The van der Waals surface area contributed by atoms with E-state index in [0.717, 1.165) is 22.4 Å².